The zero-order chi connectivity index (χ0) is 10.4. The molecular formula is C10H7Cl2CoO. The summed E-state index contributed by atoms with van der Waals surface area (Å²) < 4.78 is 0. The van der Waals surface area contributed by atoms with E-state index in [9.17, 15) is 4.79 Å². The van der Waals surface area contributed by atoms with Gasteiger partial charge < -0.3 is 4.79 Å². The summed E-state index contributed by atoms with van der Waals surface area (Å²) in [6.45, 7) is 0. The number of fused-ring (bicyclic) bond motifs is 1. The Bertz CT molecular complexity index is 339. The van der Waals surface area contributed by atoms with Crippen LogP contribution in [-0.4, -0.2) is 6.29 Å². The van der Waals surface area contributed by atoms with Crippen LogP contribution in [0.1, 0.15) is 17.0 Å². The molecule has 0 radical (unpaired) electrons. The van der Waals surface area contributed by atoms with Gasteiger partial charge in [-0.2, -0.15) is 0 Å². The van der Waals surface area contributed by atoms with Gasteiger partial charge in [0, 0.05) is 0 Å². The molecule has 0 bridgehead atoms. The Morgan fingerprint density at radius 1 is 1.29 bits per heavy atom. The molecule has 0 amide bonds. The number of rotatable bonds is 1. The Morgan fingerprint density at radius 3 is 2.57 bits per heavy atom. The average Bonchev–Trinajstić information content (AvgIpc) is 2.62. The molecule has 0 fully saturated rings. The standard InChI is InChI=1S/C10H7O.2ClH.Co/c11-7-9-6-5-8-3-1-2-4-10(8)9;;;/h1-6,9H;2*1H;/q-1;;;+3/p-2. The molecule has 0 saturated carbocycles. The first-order chi connectivity index (χ1) is 6.83. The monoisotopic (exact) mass is 272 g/mol. The van der Waals surface area contributed by atoms with Gasteiger partial charge in [-0.3, -0.25) is 6.29 Å². The van der Waals surface area contributed by atoms with E-state index in [1.54, 1.807) is 0 Å². The number of hydrogen-bond acceptors (Lipinski definition) is 1. The third kappa shape index (κ3) is 2.85. The maximum atomic E-state index is 10.4. The van der Waals surface area contributed by atoms with Crippen molar-refractivity contribution in [2.45, 2.75) is 5.92 Å². The summed E-state index contributed by atoms with van der Waals surface area (Å²) >= 11 is 0.382. The van der Waals surface area contributed by atoms with Gasteiger partial charge >= 0.3 is 33.2 Å². The van der Waals surface area contributed by atoms with E-state index in [1.165, 1.54) is 0 Å². The van der Waals surface area contributed by atoms with Crippen LogP contribution in [0, 0.1) is 0 Å². The average molecular weight is 273 g/mol. The molecule has 0 heterocycles. The van der Waals surface area contributed by atoms with Crippen molar-refractivity contribution in [1.29, 1.82) is 0 Å². The van der Waals surface area contributed by atoms with Crippen molar-refractivity contribution in [3.63, 3.8) is 0 Å². The molecule has 1 unspecified atom stereocenters. The SMILES string of the molecule is O=[C-]C1C=Cc2ccccc21.[Cl][Co+][Cl]. The number of carbonyl (C=O) groups excluding carboxylic acids is 1. The van der Waals surface area contributed by atoms with E-state index >= 15 is 0 Å². The van der Waals surface area contributed by atoms with Gasteiger partial charge in [0.1, 0.15) is 0 Å². The quantitative estimate of drug-likeness (QED) is 0.717. The summed E-state index contributed by atoms with van der Waals surface area (Å²) in [7, 11) is 9.47. The predicted molar refractivity (Wildman–Crippen MR) is 55.6 cm³/mol. The fraction of sp³-hybridized carbons (Fsp3) is 0.100. The second-order valence-electron chi connectivity index (χ2n) is 2.63. The fourth-order valence-electron chi connectivity index (χ4n) is 1.35. The number of benzene rings is 1. The van der Waals surface area contributed by atoms with Gasteiger partial charge in [-0.15, -0.1) is 6.08 Å². The molecule has 0 N–H and O–H groups in total. The van der Waals surface area contributed by atoms with E-state index < -0.39 is 0 Å². The van der Waals surface area contributed by atoms with Crippen molar-refractivity contribution in [2.24, 2.45) is 0 Å². The molecule has 1 atom stereocenters. The van der Waals surface area contributed by atoms with Crippen LogP contribution in [0.5, 0.6) is 0 Å². The van der Waals surface area contributed by atoms with Crippen LogP contribution in [0.25, 0.3) is 6.08 Å². The van der Waals surface area contributed by atoms with Gasteiger partial charge in [0.05, 0.1) is 0 Å². The normalized spacial score (nSPS) is 17.1. The van der Waals surface area contributed by atoms with Crippen LogP contribution >= 0.6 is 20.3 Å². The predicted octanol–water partition coefficient (Wildman–Crippen LogP) is 3.28. The van der Waals surface area contributed by atoms with Crippen LogP contribution in [0.4, 0.5) is 0 Å². The van der Waals surface area contributed by atoms with Gasteiger partial charge in [0.25, 0.3) is 0 Å². The molecule has 0 spiro atoms. The van der Waals surface area contributed by atoms with E-state index in [-0.39, 0.29) is 5.92 Å². The van der Waals surface area contributed by atoms with Crippen LogP contribution in [-0.2, 0) is 17.7 Å². The summed E-state index contributed by atoms with van der Waals surface area (Å²) in [6, 6.07) is 7.88. The zero-order valence-corrected chi connectivity index (χ0v) is 9.59. The molecule has 76 valence electrons. The molecule has 2 rings (SSSR count). The Balaban J connectivity index is 0.000000293. The summed E-state index contributed by atoms with van der Waals surface area (Å²) in [5, 5.41) is 0. The minimum absolute atomic E-state index is 0.133. The summed E-state index contributed by atoms with van der Waals surface area (Å²) in [6.07, 6.45) is 5.82. The summed E-state index contributed by atoms with van der Waals surface area (Å²) in [4.78, 5) is 10.4. The van der Waals surface area contributed by atoms with E-state index in [0.29, 0.717) is 12.9 Å². The van der Waals surface area contributed by atoms with E-state index in [1.807, 2.05) is 42.7 Å². The second-order valence-corrected chi connectivity index (χ2v) is 4.35. The Hall–Kier alpha value is -0.284. The number of allylic oxidation sites excluding steroid dienone is 1. The first-order valence-electron chi connectivity index (χ1n) is 3.82. The maximum absolute atomic E-state index is 10.4. The zero-order valence-electron chi connectivity index (χ0n) is 7.04. The van der Waals surface area contributed by atoms with Gasteiger partial charge in [-0.25, -0.2) is 0 Å². The minimum atomic E-state index is -0.133. The third-order valence-electron chi connectivity index (χ3n) is 1.93. The molecule has 1 aromatic carbocycles. The van der Waals surface area contributed by atoms with Crippen molar-refractivity contribution in [1.82, 2.24) is 0 Å². The van der Waals surface area contributed by atoms with Crippen molar-refractivity contribution < 1.29 is 17.7 Å². The Morgan fingerprint density at radius 2 is 1.93 bits per heavy atom. The molecular weight excluding hydrogens is 266 g/mol. The Kier molecular flexibility index (Phi) is 5.26. The molecule has 1 aliphatic carbocycles. The first kappa shape index (κ1) is 11.8. The van der Waals surface area contributed by atoms with Gasteiger partial charge in [0.2, 0.25) is 0 Å². The van der Waals surface area contributed by atoms with Gasteiger partial charge in [-0.05, 0) is 5.56 Å². The van der Waals surface area contributed by atoms with Crippen molar-refractivity contribution in [2.75, 3.05) is 0 Å². The van der Waals surface area contributed by atoms with Crippen molar-refractivity contribution in [3.8, 4) is 0 Å². The number of hydrogen-bond donors (Lipinski definition) is 0. The summed E-state index contributed by atoms with van der Waals surface area (Å²) in [5.74, 6) is -0.133. The molecule has 1 aromatic rings. The van der Waals surface area contributed by atoms with Crippen LogP contribution in [0.2, 0.25) is 0 Å². The first-order valence-corrected chi connectivity index (χ1v) is 6.68. The third-order valence-corrected chi connectivity index (χ3v) is 1.93. The molecule has 1 nitrogen and oxygen atoms in total. The summed E-state index contributed by atoms with van der Waals surface area (Å²) in [5.41, 5.74) is 2.21. The van der Waals surface area contributed by atoms with E-state index in [0.717, 1.165) is 11.1 Å². The molecule has 14 heavy (non-hydrogen) atoms. The molecule has 0 aliphatic heterocycles. The van der Waals surface area contributed by atoms with Crippen LogP contribution in [0.15, 0.2) is 30.3 Å². The molecule has 0 aromatic heterocycles. The van der Waals surface area contributed by atoms with E-state index in [4.69, 9.17) is 20.3 Å². The van der Waals surface area contributed by atoms with Gasteiger partial charge in [0.15, 0.2) is 0 Å². The topological polar surface area (TPSA) is 17.1 Å². The van der Waals surface area contributed by atoms with Gasteiger partial charge in [-0.1, -0.05) is 41.8 Å². The molecule has 0 saturated heterocycles. The fourth-order valence-corrected chi connectivity index (χ4v) is 1.35. The van der Waals surface area contributed by atoms with E-state index in [2.05, 4.69) is 0 Å². The number of halogens is 2. The van der Waals surface area contributed by atoms with Crippen LogP contribution < -0.4 is 0 Å². The Labute approximate surface area is 97.6 Å². The molecule has 1 aliphatic rings. The van der Waals surface area contributed by atoms with Crippen molar-refractivity contribution >= 4 is 32.7 Å². The second kappa shape index (κ2) is 6.25. The van der Waals surface area contributed by atoms with Crippen LogP contribution in [0.3, 0.4) is 0 Å². The van der Waals surface area contributed by atoms with Crippen molar-refractivity contribution in [3.05, 3.63) is 41.5 Å². The molecule has 4 heteroatoms.